The number of hydrogen-bond donors (Lipinski definition) is 2. The van der Waals surface area contributed by atoms with Crippen molar-refractivity contribution in [3.63, 3.8) is 0 Å². The summed E-state index contributed by atoms with van der Waals surface area (Å²) in [5.74, 6) is -2.64. The summed E-state index contributed by atoms with van der Waals surface area (Å²) in [4.78, 5) is 38.6. The molecule has 1 aliphatic carbocycles. The molecule has 0 unspecified atom stereocenters. The molecule has 7 heteroatoms. The maximum atomic E-state index is 13.7. The van der Waals surface area contributed by atoms with Gasteiger partial charge >= 0.3 is 11.9 Å². The topological polar surface area (TPSA) is 102 Å². The molecular weight excluding hydrogens is 470 g/mol. The first-order valence-corrected chi connectivity index (χ1v) is 13.0. The Morgan fingerprint density at radius 2 is 1.54 bits per heavy atom. The number of rotatable bonds is 12. The van der Waals surface area contributed by atoms with Gasteiger partial charge in [-0.1, -0.05) is 82.6 Å². The number of carbonyl (C=O) groups excluding carboxylic acids is 2. The predicted molar refractivity (Wildman–Crippen MR) is 142 cm³/mol. The number of carboxylic acid groups (broad SMARTS) is 1. The fraction of sp³-hybridized carbons (Fsp3) is 0.500. The number of benzene rings is 2. The van der Waals surface area contributed by atoms with Crippen molar-refractivity contribution < 1.29 is 29.0 Å². The molecule has 3 rings (SSSR count). The number of fused-ring (bicyclic) bond motifs is 3. The van der Waals surface area contributed by atoms with Crippen LogP contribution in [0.5, 0.6) is 0 Å². The number of esters is 1. The monoisotopic (exact) mass is 509 g/mol. The zero-order chi connectivity index (χ0) is 27.3. The molecule has 200 valence electrons. The van der Waals surface area contributed by atoms with Crippen molar-refractivity contribution in [2.24, 2.45) is 17.3 Å². The lowest BCUT2D eigenvalue weighted by Crippen LogP contribution is -2.56. The maximum Gasteiger partial charge on any atom is 0.321 e. The third-order valence-electron chi connectivity index (χ3n) is 8.03. The van der Waals surface area contributed by atoms with Crippen molar-refractivity contribution in [2.45, 2.75) is 65.5 Å². The van der Waals surface area contributed by atoms with Crippen LogP contribution in [0.2, 0.25) is 0 Å². The zero-order valence-electron chi connectivity index (χ0n) is 22.6. The highest BCUT2D eigenvalue weighted by atomic mass is 16.5. The number of aliphatic carboxylic acids is 1. The SMILES string of the molecule is CC[C@H](C)[C@H](NC(=O)[C@@](C)(C(=O)OCC1c2ccccc2-c2ccccc21)C(C)C)[C@@H](CC(=O)O)OC. The van der Waals surface area contributed by atoms with Crippen LogP contribution in [-0.4, -0.2) is 48.8 Å². The molecule has 1 aliphatic rings. The van der Waals surface area contributed by atoms with E-state index in [0.717, 1.165) is 22.3 Å². The summed E-state index contributed by atoms with van der Waals surface area (Å²) in [6.07, 6.45) is -0.279. The second-order valence-electron chi connectivity index (χ2n) is 10.4. The Labute approximate surface area is 219 Å². The molecule has 2 aromatic carbocycles. The first-order chi connectivity index (χ1) is 17.6. The number of carbonyl (C=O) groups is 3. The van der Waals surface area contributed by atoms with Gasteiger partial charge in [-0.25, -0.2) is 0 Å². The van der Waals surface area contributed by atoms with Gasteiger partial charge in [0.25, 0.3) is 0 Å². The molecular formula is C30H39NO6. The summed E-state index contributed by atoms with van der Waals surface area (Å²) in [6.45, 7) is 9.23. The summed E-state index contributed by atoms with van der Waals surface area (Å²) in [7, 11) is 1.43. The summed E-state index contributed by atoms with van der Waals surface area (Å²) in [5.41, 5.74) is 2.99. The van der Waals surface area contributed by atoms with Crippen LogP contribution in [0, 0.1) is 17.3 Å². The van der Waals surface area contributed by atoms with E-state index in [1.54, 1.807) is 6.92 Å². The molecule has 7 nitrogen and oxygen atoms in total. The average molecular weight is 510 g/mol. The third kappa shape index (κ3) is 5.72. The quantitative estimate of drug-likeness (QED) is 0.308. The molecule has 0 bridgehead atoms. The smallest absolute Gasteiger partial charge is 0.321 e. The molecule has 0 saturated heterocycles. The van der Waals surface area contributed by atoms with E-state index in [1.807, 2.05) is 64.1 Å². The Hall–Kier alpha value is -3.19. The minimum Gasteiger partial charge on any atom is -0.481 e. The minimum atomic E-state index is -1.47. The number of nitrogens with one attached hydrogen (secondary N) is 1. The van der Waals surface area contributed by atoms with Gasteiger partial charge in [-0.2, -0.15) is 0 Å². The first-order valence-electron chi connectivity index (χ1n) is 13.0. The first kappa shape index (κ1) is 28.4. The largest absolute Gasteiger partial charge is 0.481 e. The van der Waals surface area contributed by atoms with Crippen LogP contribution in [0.4, 0.5) is 0 Å². The number of amides is 1. The van der Waals surface area contributed by atoms with Crippen LogP contribution in [0.25, 0.3) is 11.1 Å². The number of hydrogen-bond acceptors (Lipinski definition) is 5. The zero-order valence-corrected chi connectivity index (χ0v) is 22.6. The summed E-state index contributed by atoms with van der Waals surface area (Å²) in [6, 6.07) is 15.6. The van der Waals surface area contributed by atoms with Crippen molar-refractivity contribution >= 4 is 17.8 Å². The van der Waals surface area contributed by atoms with E-state index in [-0.39, 0.29) is 30.8 Å². The lowest BCUT2D eigenvalue weighted by Gasteiger charge is -2.36. The Bertz CT molecular complexity index is 1080. The van der Waals surface area contributed by atoms with E-state index in [4.69, 9.17) is 9.47 Å². The Kier molecular flexibility index (Phi) is 9.13. The molecule has 37 heavy (non-hydrogen) atoms. The molecule has 0 aromatic heterocycles. The fourth-order valence-corrected chi connectivity index (χ4v) is 5.02. The highest BCUT2D eigenvalue weighted by molar-refractivity contribution is 6.02. The summed E-state index contributed by atoms with van der Waals surface area (Å²) >= 11 is 0. The Morgan fingerprint density at radius 1 is 1.00 bits per heavy atom. The van der Waals surface area contributed by atoms with Gasteiger partial charge in [0.05, 0.1) is 18.6 Å². The van der Waals surface area contributed by atoms with Crippen LogP contribution >= 0.6 is 0 Å². The van der Waals surface area contributed by atoms with E-state index in [2.05, 4.69) is 17.4 Å². The van der Waals surface area contributed by atoms with Crippen molar-refractivity contribution in [2.75, 3.05) is 13.7 Å². The Morgan fingerprint density at radius 3 is 2.00 bits per heavy atom. The predicted octanol–water partition coefficient (Wildman–Crippen LogP) is 5.03. The molecule has 2 N–H and O–H groups in total. The van der Waals surface area contributed by atoms with Gasteiger partial charge < -0.3 is 19.9 Å². The van der Waals surface area contributed by atoms with Gasteiger partial charge in [0.15, 0.2) is 0 Å². The van der Waals surface area contributed by atoms with E-state index >= 15 is 0 Å². The molecule has 0 aliphatic heterocycles. The van der Waals surface area contributed by atoms with Gasteiger partial charge in [-0.15, -0.1) is 0 Å². The maximum absolute atomic E-state index is 13.7. The fourth-order valence-electron chi connectivity index (χ4n) is 5.02. The summed E-state index contributed by atoms with van der Waals surface area (Å²) < 4.78 is 11.3. The lowest BCUT2D eigenvalue weighted by atomic mass is 9.77. The van der Waals surface area contributed by atoms with Gasteiger partial charge in [-0.3, -0.25) is 14.4 Å². The number of carboxylic acids is 1. The molecule has 0 heterocycles. The van der Waals surface area contributed by atoms with Crippen molar-refractivity contribution in [1.82, 2.24) is 5.32 Å². The van der Waals surface area contributed by atoms with Crippen LogP contribution in [0.1, 0.15) is 64.5 Å². The van der Waals surface area contributed by atoms with Gasteiger partial charge in [0, 0.05) is 13.0 Å². The highest BCUT2D eigenvalue weighted by Gasteiger charge is 2.47. The summed E-state index contributed by atoms with van der Waals surface area (Å²) in [5, 5.41) is 12.3. The third-order valence-corrected chi connectivity index (χ3v) is 8.03. The average Bonchev–Trinajstić information content (AvgIpc) is 3.21. The van der Waals surface area contributed by atoms with E-state index in [1.165, 1.54) is 7.11 Å². The molecule has 0 fully saturated rings. The Balaban J connectivity index is 1.82. The van der Waals surface area contributed by atoms with E-state index in [0.29, 0.717) is 6.42 Å². The lowest BCUT2D eigenvalue weighted by molar-refractivity contribution is -0.164. The van der Waals surface area contributed by atoms with Gasteiger partial charge in [0.1, 0.15) is 12.0 Å². The second kappa shape index (κ2) is 11.9. The molecule has 2 aromatic rings. The minimum absolute atomic E-state index is 0.0628. The second-order valence-corrected chi connectivity index (χ2v) is 10.4. The molecule has 4 atom stereocenters. The molecule has 0 radical (unpaired) electrons. The van der Waals surface area contributed by atoms with Gasteiger partial charge in [-0.05, 0) is 41.0 Å². The van der Waals surface area contributed by atoms with Gasteiger partial charge in [0.2, 0.25) is 5.91 Å². The number of ether oxygens (including phenoxy) is 2. The molecule has 1 amide bonds. The van der Waals surface area contributed by atoms with Crippen molar-refractivity contribution in [1.29, 1.82) is 0 Å². The van der Waals surface area contributed by atoms with E-state index in [9.17, 15) is 19.5 Å². The van der Waals surface area contributed by atoms with E-state index < -0.39 is 35.4 Å². The highest BCUT2D eigenvalue weighted by Crippen LogP contribution is 2.45. The van der Waals surface area contributed by atoms with Crippen LogP contribution in [0.15, 0.2) is 48.5 Å². The van der Waals surface area contributed by atoms with Crippen LogP contribution in [0.3, 0.4) is 0 Å². The molecule has 0 saturated carbocycles. The molecule has 0 spiro atoms. The van der Waals surface area contributed by atoms with Crippen LogP contribution < -0.4 is 5.32 Å². The normalized spacial score (nSPS) is 16.7. The number of methoxy groups -OCH3 is 1. The van der Waals surface area contributed by atoms with Crippen molar-refractivity contribution in [3.8, 4) is 11.1 Å². The standard InChI is InChI=1S/C30H39NO6/c1-7-19(4)27(25(36-6)16-26(32)33)31-28(34)30(5,18(2)3)29(35)37-17-24-22-14-10-8-12-20(22)21-13-9-11-15-23(21)24/h8-15,18-19,24-25,27H,7,16-17H2,1-6H3,(H,31,34)(H,32,33)/t19-,25+,27-,30-/m0/s1. The van der Waals surface area contributed by atoms with Crippen molar-refractivity contribution in [3.05, 3.63) is 59.7 Å². The van der Waals surface area contributed by atoms with Crippen LogP contribution in [-0.2, 0) is 23.9 Å².